The molecule has 0 heterocycles. The van der Waals surface area contributed by atoms with Gasteiger partial charge in [-0.1, -0.05) is 19.8 Å². The van der Waals surface area contributed by atoms with Crippen LogP contribution in [0.4, 0.5) is 0 Å². The van der Waals surface area contributed by atoms with Gasteiger partial charge in [-0.05, 0) is 32.6 Å². The van der Waals surface area contributed by atoms with Gasteiger partial charge in [0.25, 0.3) is 0 Å². The Bertz CT molecular complexity index is 444. The van der Waals surface area contributed by atoms with E-state index in [1.54, 1.807) is 0 Å². The minimum absolute atomic E-state index is 0.150. The van der Waals surface area contributed by atoms with Crippen molar-refractivity contribution in [2.45, 2.75) is 56.7 Å². The van der Waals surface area contributed by atoms with Gasteiger partial charge in [-0.15, -0.1) is 0 Å². The molecule has 2 atom stereocenters. The van der Waals surface area contributed by atoms with E-state index in [9.17, 15) is 18.3 Å². The molecule has 19 heavy (non-hydrogen) atoms. The van der Waals surface area contributed by atoms with E-state index >= 15 is 0 Å². The molecule has 2 N–H and O–H groups in total. The van der Waals surface area contributed by atoms with Crippen molar-refractivity contribution in [2.24, 2.45) is 5.92 Å². The summed E-state index contributed by atoms with van der Waals surface area (Å²) in [7, 11) is -3.49. The lowest BCUT2D eigenvalue weighted by Crippen LogP contribution is -2.59. The molecule has 0 aromatic heterocycles. The second kappa shape index (κ2) is 5.40. The van der Waals surface area contributed by atoms with E-state index in [-0.39, 0.29) is 6.61 Å². The van der Waals surface area contributed by atoms with Crippen LogP contribution in [0.5, 0.6) is 0 Å². The van der Waals surface area contributed by atoms with Gasteiger partial charge in [0, 0.05) is 6.26 Å². The molecule has 0 aliphatic heterocycles. The maximum atomic E-state index is 12.2. The smallest absolute Gasteiger partial charge is 0.241 e. The first-order valence-corrected chi connectivity index (χ1v) is 8.56. The Morgan fingerprint density at radius 2 is 2.05 bits per heavy atom. The van der Waals surface area contributed by atoms with Gasteiger partial charge < -0.3 is 10.4 Å². The largest absolute Gasteiger partial charge is 0.394 e. The summed E-state index contributed by atoms with van der Waals surface area (Å²) in [6.45, 7) is 4.73. The van der Waals surface area contributed by atoms with E-state index in [4.69, 9.17) is 0 Å². The Balaban J connectivity index is 2.90. The quantitative estimate of drug-likeness (QED) is 0.805. The number of sulfone groups is 1. The highest BCUT2D eigenvalue weighted by molar-refractivity contribution is 7.92. The maximum absolute atomic E-state index is 12.2. The SMILES string of the molecule is CC1CCCC(CO)(NC(=O)C(C)(C)S(C)(=O)=O)C1. The van der Waals surface area contributed by atoms with Crippen molar-refractivity contribution < 1.29 is 18.3 Å². The topological polar surface area (TPSA) is 83.5 Å². The molecule has 0 saturated heterocycles. The van der Waals surface area contributed by atoms with Crippen LogP contribution in [-0.2, 0) is 14.6 Å². The van der Waals surface area contributed by atoms with Crippen molar-refractivity contribution in [2.75, 3.05) is 12.9 Å². The number of rotatable bonds is 4. The molecule has 0 bridgehead atoms. The van der Waals surface area contributed by atoms with Crippen LogP contribution in [0.25, 0.3) is 0 Å². The predicted octanol–water partition coefficient (Wildman–Crippen LogP) is 0.867. The van der Waals surface area contributed by atoms with Gasteiger partial charge in [0.15, 0.2) is 9.84 Å². The van der Waals surface area contributed by atoms with E-state index in [0.29, 0.717) is 18.8 Å². The number of carbonyl (C=O) groups excluding carboxylic acids is 1. The first kappa shape index (κ1) is 16.4. The highest BCUT2D eigenvalue weighted by atomic mass is 32.2. The lowest BCUT2D eigenvalue weighted by Gasteiger charge is -2.41. The summed E-state index contributed by atoms with van der Waals surface area (Å²) in [5.41, 5.74) is -0.670. The Hall–Kier alpha value is -0.620. The standard InChI is InChI=1S/C13H25NO4S/c1-10-6-5-7-13(8-10,9-15)14-11(16)12(2,3)19(4,17)18/h10,15H,5-9H2,1-4H3,(H,14,16). The number of aliphatic hydroxyl groups is 1. The molecule has 0 radical (unpaired) electrons. The van der Waals surface area contributed by atoms with E-state index < -0.39 is 26.0 Å². The number of amides is 1. The third-order valence-corrected chi connectivity index (χ3v) is 6.29. The van der Waals surface area contributed by atoms with Crippen molar-refractivity contribution in [3.63, 3.8) is 0 Å². The highest BCUT2D eigenvalue weighted by Gasteiger charge is 2.43. The number of hydrogen-bond donors (Lipinski definition) is 2. The summed E-state index contributed by atoms with van der Waals surface area (Å²) in [4.78, 5) is 12.2. The average Bonchev–Trinajstić information content (AvgIpc) is 2.27. The zero-order chi connectivity index (χ0) is 14.9. The van der Waals surface area contributed by atoms with Crippen LogP contribution in [-0.4, -0.2) is 42.6 Å². The molecule has 0 spiro atoms. The molecule has 112 valence electrons. The normalized spacial score (nSPS) is 29.0. The zero-order valence-corrected chi connectivity index (χ0v) is 13.0. The van der Waals surface area contributed by atoms with Crippen LogP contribution in [0.15, 0.2) is 0 Å². The van der Waals surface area contributed by atoms with E-state index in [2.05, 4.69) is 12.2 Å². The molecule has 2 unspecified atom stereocenters. The van der Waals surface area contributed by atoms with Crippen molar-refractivity contribution >= 4 is 15.7 Å². The van der Waals surface area contributed by atoms with Crippen LogP contribution in [0.3, 0.4) is 0 Å². The minimum Gasteiger partial charge on any atom is -0.394 e. The number of carbonyl (C=O) groups is 1. The average molecular weight is 291 g/mol. The van der Waals surface area contributed by atoms with Crippen molar-refractivity contribution in [1.82, 2.24) is 5.32 Å². The van der Waals surface area contributed by atoms with Gasteiger partial charge in [0.05, 0.1) is 12.1 Å². The summed E-state index contributed by atoms with van der Waals surface area (Å²) < 4.78 is 21.9. The third-order valence-electron chi connectivity index (χ3n) is 4.25. The molecule has 5 nitrogen and oxygen atoms in total. The first-order valence-electron chi connectivity index (χ1n) is 6.67. The second-order valence-corrected chi connectivity index (χ2v) is 8.94. The minimum atomic E-state index is -3.49. The molecule has 1 saturated carbocycles. The van der Waals surface area contributed by atoms with E-state index in [0.717, 1.165) is 19.1 Å². The summed E-state index contributed by atoms with van der Waals surface area (Å²) in [6.07, 6.45) is 4.45. The number of nitrogens with one attached hydrogen (secondary N) is 1. The molecule has 1 amide bonds. The van der Waals surface area contributed by atoms with E-state index in [1.165, 1.54) is 13.8 Å². The van der Waals surface area contributed by atoms with Crippen LogP contribution in [0.2, 0.25) is 0 Å². The van der Waals surface area contributed by atoms with Crippen LogP contribution >= 0.6 is 0 Å². The summed E-state index contributed by atoms with van der Waals surface area (Å²) >= 11 is 0. The van der Waals surface area contributed by atoms with Crippen LogP contribution in [0, 0.1) is 5.92 Å². The fourth-order valence-electron chi connectivity index (χ4n) is 2.52. The Labute approximate surface area is 115 Å². The zero-order valence-electron chi connectivity index (χ0n) is 12.2. The molecule has 1 aliphatic carbocycles. The van der Waals surface area contributed by atoms with Crippen LogP contribution < -0.4 is 5.32 Å². The van der Waals surface area contributed by atoms with Gasteiger partial charge in [0.2, 0.25) is 5.91 Å². The predicted molar refractivity (Wildman–Crippen MR) is 74.5 cm³/mol. The van der Waals surface area contributed by atoms with Crippen LogP contribution in [0.1, 0.15) is 46.5 Å². The molecular formula is C13H25NO4S. The molecular weight excluding hydrogens is 266 g/mol. The summed E-state index contributed by atoms with van der Waals surface area (Å²) in [6, 6.07) is 0. The Kier molecular flexibility index (Phi) is 4.67. The molecule has 0 aromatic carbocycles. The molecule has 1 rings (SSSR count). The van der Waals surface area contributed by atoms with Crippen molar-refractivity contribution in [3.05, 3.63) is 0 Å². The lowest BCUT2D eigenvalue weighted by atomic mass is 9.76. The molecule has 1 aliphatic rings. The van der Waals surface area contributed by atoms with Gasteiger partial charge in [0.1, 0.15) is 4.75 Å². The fourth-order valence-corrected chi connectivity index (χ4v) is 2.90. The number of aliphatic hydroxyl groups excluding tert-OH is 1. The third kappa shape index (κ3) is 3.48. The van der Waals surface area contributed by atoms with E-state index in [1.807, 2.05) is 0 Å². The first-order chi connectivity index (χ1) is 8.54. The van der Waals surface area contributed by atoms with Gasteiger partial charge >= 0.3 is 0 Å². The molecule has 1 fully saturated rings. The summed E-state index contributed by atoms with van der Waals surface area (Å²) in [5.74, 6) is -0.110. The maximum Gasteiger partial charge on any atom is 0.241 e. The van der Waals surface area contributed by atoms with Gasteiger partial charge in [-0.2, -0.15) is 0 Å². The molecule has 6 heteroatoms. The van der Waals surface area contributed by atoms with Gasteiger partial charge in [-0.25, -0.2) is 8.42 Å². The Morgan fingerprint density at radius 3 is 2.47 bits per heavy atom. The summed E-state index contributed by atoms with van der Waals surface area (Å²) in [5, 5.41) is 12.4. The second-order valence-electron chi connectivity index (χ2n) is 6.38. The van der Waals surface area contributed by atoms with Crippen molar-refractivity contribution in [3.8, 4) is 0 Å². The van der Waals surface area contributed by atoms with Gasteiger partial charge in [-0.3, -0.25) is 4.79 Å². The lowest BCUT2D eigenvalue weighted by molar-refractivity contribution is -0.126. The monoisotopic (exact) mass is 291 g/mol. The number of hydrogen-bond acceptors (Lipinski definition) is 4. The highest BCUT2D eigenvalue weighted by Crippen LogP contribution is 2.32. The Morgan fingerprint density at radius 1 is 1.47 bits per heavy atom. The fraction of sp³-hybridized carbons (Fsp3) is 0.923. The molecule has 0 aromatic rings. The van der Waals surface area contributed by atoms with Crippen molar-refractivity contribution in [1.29, 1.82) is 0 Å².